The van der Waals surface area contributed by atoms with Crippen LogP contribution in [-0.2, 0) is 9.53 Å². The van der Waals surface area contributed by atoms with E-state index in [2.05, 4.69) is 5.32 Å². The van der Waals surface area contributed by atoms with Gasteiger partial charge in [-0.3, -0.25) is 5.32 Å². The summed E-state index contributed by atoms with van der Waals surface area (Å²) in [6.45, 7) is 5.63. The van der Waals surface area contributed by atoms with Gasteiger partial charge in [0.1, 0.15) is 6.04 Å². The Hall–Kier alpha value is -1.49. The Bertz CT molecular complexity index is 421. The molecule has 0 amide bonds. The van der Waals surface area contributed by atoms with Gasteiger partial charge in [0.25, 0.3) is 0 Å². The number of carbonyl (C=O) groups is 1. The van der Waals surface area contributed by atoms with E-state index >= 15 is 0 Å². The Balaban J connectivity index is 3.00. The molecule has 0 saturated carbocycles. The molecule has 0 bridgehead atoms. The second-order valence-corrected chi connectivity index (χ2v) is 4.18. The van der Waals surface area contributed by atoms with Gasteiger partial charge in [-0.15, -0.1) is 0 Å². The maximum Gasteiger partial charge on any atom is 0.327 e. The minimum absolute atomic E-state index is 0.00696. The molecule has 0 fully saturated rings. The van der Waals surface area contributed by atoms with Crippen LogP contribution in [0.1, 0.15) is 32.4 Å². The van der Waals surface area contributed by atoms with Crippen molar-refractivity contribution in [3.8, 4) is 0 Å². The van der Waals surface area contributed by atoms with Crippen LogP contribution >= 0.6 is 0 Å². The summed E-state index contributed by atoms with van der Waals surface area (Å²) in [4.78, 5) is 11.8. The number of benzene rings is 1. The van der Waals surface area contributed by atoms with E-state index in [0.717, 1.165) is 12.1 Å². The first-order chi connectivity index (χ1) is 8.45. The monoisotopic (exact) mass is 257 g/mol. The van der Waals surface area contributed by atoms with Gasteiger partial charge in [-0.1, -0.05) is 6.07 Å². The summed E-state index contributed by atoms with van der Waals surface area (Å²) in [5.74, 6) is -2.42. The zero-order valence-corrected chi connectivity index (χ0v) is 10.7. The van der Waals surface area contributed by atoms with Crippen molar-refractivity contribution >= 4 is 5.97 Å². The third-order valence-corrected chi connectivity index (χ3v) is 2.30. The van der Waals surface area contributed by atoms with Crippen LogP contribution in [0.25, 0.3) is 0 Å². The number of carbonyl (C=O) groups excluding carboxylic acids is 1. The molecule has 0 radical (unpaired) electrons. The predicted octanol–water partition coefficient (Wildman–Crippen LogP) is 2.57. The minimum atomic E-state index is -0.979. The average molecular weight is 257 g/mol. The molecule has 0 aliphatic carbocycles. The SMILES string of the molecule is CCOC(=O)C(NC(C)C)c1ccc(F)c(F)c1. The molecule has 5 heteroatoms. The van der Waals surface area contributed by atoms with Crippen molar-refractivity contribution in [2.45, 2.75) is 32.9 Å². The van der Waals surface area contributed by atoms with Gasteiger partial charge in [-0.25, -0.2) is 13.6 Å². The van der Waals surface area contributed by atoms with Gasteiger partial charge in [0, 0.05) is 6.04 Å². The molecule has 0 spiro atoms. The second-order valence-electron chi connectivity index (χ2n) is 4.18. The van der Waals surface area contributed by atoms with E-state index in [1.807, 2.05) is 13.8 Å². The van der Waals surface area contributed by atoms with E-state index in [4.69, 9.17) is 4.74 Å². The highest BCUT2D eigenvalue weighted by Gasteiger charge is 2.23. The molecule has 0 heterocycles. The molecule has 0 saturated heterocycles. The van der Waals surface area contributed by atoms with Crippen LogP contribution < -0.4 is 5.32 Å². The summed E-state index contributed by atoms with van der Waals surface area (Å²) in [6, 6.07) is 2.59. The molecule has 0 aliphatic heterocycles. The fourth-order valence-corrected chi connectivity index (χ4v) is 1.55. The van der Waals surface area contributed by atoms with E-state index in [9.17, 15) is 13.6 Å². The maximum atomic E-state index is 13.2. The van der Waals surface area contributed by atoms with Crippen LogP contribution in [0.2, 0.25) is 0 Å². The van der Waals surface area contributed by atoms with Crippen molar-refractivity contribution in [1.29, 1.82) is 0 Å². The number of ether oxygens (including phenoxy) is 1. The summed E-state index contributed by atoms with van der Waals surface area (Å²) in [5.41, 5.74) is 0.348. The molecule has 100 valence electrons. The Labute approximate surface area is 105 Å². The largest absolute Gasteiger partial charge is 0.465 e. The second kappa shape index (κ2) is 6.44. The smallest absolute Gasteiger partial charge is 0.327 e. The summed E-state index contributed by atoms with van der Waals surface area (Å²) < 4.78 is 30.9. The molecule has 0 aromatic heterocycles. The lowest BCUT2D eigenvalue weighted by Crippen LogP contribution is -2.35. The molecule has 1 unspecified atom stereocenters. The van der Waals surface area contributed by atoms with Crippen LogP contribution in [0.15, 0.2) is 18.2 Å². The Morgan fingerprint density at radius 1 is 1.33 bits per heavy atom. The third-order valence-electron chi connectivity index (χ3n) is 2.30. The van der Waals surface area contributed by atoms with Gasteiger partial charge in [0.05, 0.1) is 6.61 Å². The van der Waals surface area contributed by atoms with E-state index in [0.29, 0.717) is 5.56 Å². The molecule has 1 aromatic rings. The first kappa shape index (κ1) is 14.6. The third kappa shape index (κ3) is 3.77. The fraction of sp³-hybridized carbons (Fsp3) is 0.462. The lowest BCUT2D eigenvalue weighted by molar-refractivity contribution is -0.146. The molecule has 18 heavy (non-hydrogen) atoms. The Morgan fingerprint density at radius 3 is 2.50 bits per heavy atom. The van der Waals surface area contributed by atoms with E-state index in [1.165, 1.54) is 6.07 Å². The normalized spacial score (nSPS) is 12.6. The fourth-order valence-electron chi connectivity index (χ4n) is 1.55. The number of esters is 1. The van der Waals surface area contributed by atoms with Crippen molar-refractivity contribution in [3.63, 3.8) is 0 Å². The molecule has 1 rings (SSSR count). The van der Waals surface area contributed by atoms with Crippen LogP contribution in [0.3, 0.4) is 0 Å². The van der Waals surface area contributed by atoms with Gasteiger partial charge >= 0.3 is 5.97 Å². The van der Waals surface area contributed by atoms with Crippen molar-refractivity contribution in [2.75, 3.05) is 6.61 Å². The van der Waals surface area contributed by atoms with E-state index < -0.39 is 23.6 Å². The van der Waals surface area contributed by atoms with Crippen molar-refractivity contribution < 1.29 is 18.3 Å². The molecule has 1 atom stereocenters. The maximum absolute atomic E-state index is 13.2. The van der Waals surface area contributed by atoms with Gasteiger partial charge in [0.2, 0.25) is 0 Å². The molecule has 0 aliphatic rings. The van der Waals surface area contributed by atoms with E-state index in [1.54, 1.807) is 6.92 Å². The van der Waals surface area contributed by atoms with Gasteiger partial charge in [-0.05, 0) is 38.5 Å². The van der Waals surface area contributed by atoms with Crippen LogP contribution in [-0.4, -0.2) is 18.6 Å². The standard InChI is InChI=1S/C13H17F2NO2/c1-4-18-13(17)12(16-8(2)3)9-5-6-10(14)11(15)7-9/h5-8,12,16H,4H2,1-3H3. The lowest BCUT2D eigenvalue weighted by Gasteiger charge is -2.20. The quantitative estimate of drug-likeness (QED) is 0.824. The highest BCUT2D eigenvalue weighted by molar-refractivity contribution is 5.77. The van der Waals surface area contributed by atoms with E-state index in [-0.39, 0.29) is 12.6 Å². The molecule has 3 nitrogen and oxygen atoms in total. The molecular formula is C13H17F2NO2. The number of nitrogens with one attached hydrogen (secondary N) is 1. The zero-order chi connectivity index (χ0) is 13.7. The lowest BCUT2D eigenvalue weighted by atomic mass is 10.1. The molecule has 1 aromatic carbocycles. The number of halogens is 2. The van der Waals surface area contributed by atoms with Crippen molar-refractivity contribution in [2.24, 2.45) is 0 Å². The summed E-state index contributed by atoms with van der Waals surface area (Å²) in [5, 5.41) is 2.96. The topological polar surface area (TPSA) is 38.3 Å². The average Bonchev–Trinajstić information content (AvgIpc) is 2.30. The van der Waals surface area contributed by atoms with Gasteiger partial charge in [-0.2, -0.15) is 0 Å². The number of hydrogen-bond acceptors (Lipinski definition) is 3. The Morgan fingerprint density at radius 2 is 2.00 bits per heavy atom. The van der Waals surface area contributed by atoms with Crippen LogP contribution in [0.5, 0.6) is 0 Å². The zero-order valence-electron chi connectivity index (χ0n) is 10.7. The van der Waals surface area contributed by atoms with Gasteiger partial charge < -0.3 is 4.74 Å². The highest BCUT2D eigenvalue weighted by Crippen LogP contribution is 2.18. The van der Waals surface area contributed by atoms with Gasteiger partial charge in [0.15, 0.2) is 11.6 Å². The Kier molecular flexibility index (Phi) is 5.22. The van der Waals surface area contributed by atoms with Crippen LogP contribution in [0, 0.1) is 11.6 Å². The predicted molar refractivity (Wildman–Crippen MR) is 64.0 cm³/mol. The van der Waals surface area contributed by atoms with Crippen molar-refractivity contribution in [1.82, 2.24) is 5.32 Å². The number of hydrogen-bond donors (Lipinski definition) is 1. The summed E-state index contributed by atoms with van der Waals surface area (Å²) >= 11 is 0. The molecular weight excluding hydrogens is 240 g/mol. The minimum Gasteiger partial charge on any atom is -0.465 e. The summed E-state index contributed by atoms with van der Waals surface area (Å²) in [7, 11) is 0. The number of rotatable bonds is 5. The first-order valence-corrected chi connectivity index (χ1v) is 5.83. The van der Waals surface area contributed by atoms with Crippen LogP contribution in [0.4, 0.5) is 8.78 Å². The summed E-state index contributed by atoms with van der Waals surface area (Å²) in [6.07, 6.45) is 0. The molecule has 1 N–H and O–H groups in total. The highest BCUT2D eigenvalue weighted by atomic mass is 19.2. The van der Waals surface area contributed by atoms with Crippen molar-refractivity contribution in [3.05, 3.63) is 35.4 Å². The first-order valence-electron chi connectivity index (χ1n) is 5.83.